The second-order valence-electron chi connectivity index (χ2n) is 14.5. The molecule has 4 aliphatic rings. The Morgan fingerprint density at radius 3 is 2.38 bits per heavy atom. The van der Waals surface area contributed by atoms with Gasteiger partial charge in [0.2, 0.25) is 0 Å². The fourth-order valence-electron chi connectivity index (χ4n) is 8.22. The van der Waals surface area contributed by atoms with E-state index in [1.807, 2.05) is 54.6 Å². The standard InChI is InChI=1S/C43H44N6O6Se/c1-28-39(51)49-36-22-12-10-20-32(36)43(41(49)48(28)42(53)54-26-29-15-5-2-6-16-29)25-35(40(52)55-43)46-38(50)31-19-9-11-21-34(31)45-37(47-23-13-4-14-24-47)33(44)27-56-30-17-7-3-8-18-30/h2-3,5-12,15-22,28,33,35,41H,4,13-14,23-27,44H2,1H3,(H,46,50)/t28-,33-,35+,41-,43-/m0/s1. The van der Waals surface area contributed by atoms with Crippen LogP contribution < -0.4 is 20.4 Å². The third kappa shape index (κ3) is 7.06. The number of para-hydroxylation sites is 2. The molecule has 4 aromatic rings. The number of amidine groups is 1. The van der Waals surface area contributed by atoms with E-state index in [1.165, 1.54) is 14.3 Å². The summed E-state index contributed by atoms with van der Waals surface area (Å²) in [6.07, 6.45) is 1.48. The molecule has 0 saturated carbocycles. The van der Waals surface area contributed by atoms with Crippen molar-refractivity contribution in [1.82, 2.24) is 15.1 Å². The number of likely N-dealkylation sites (tertiary alicyclic amines) is 1. The first kappa shape index (κ1) is 37.4. The summed E-state index contributed by atoms with van der Waals surface area (Å²) in [5, 5.41) is 3.67. The van der Waals surface area contributed by atoms with E-state index in [0.29, 0.717) is 22.5 Å². The van der Waals surface area contributed by atoms with E-state index in [0.717, 1.165) is 49.1 Å². The van der Waals surface area contributed by atoms with Gasteiger partial charge in [-0.2, -0.15) is 0 Å². The number of amides is 3. The van der Waals surface area contributed by atoms with Crippen molar-refractivity contribution in [2.45, 2.75) is 74.4 Å². The Morgan fingerprint density at radius 1 is 0.929 bits per heavy atom. The molecule has 12 nitrogen and oxygen atoms in total. The first-order valence-electron chi connectivity index (χ1n) is 19.1. The van der Waals surface area contributed by atoms with Crippen LogP contribution in [-0.4, -0.2) is 91.8 Å². The molecule has 5 atom stereocenters. The van der Waals surface area contributed by atoms with E-state index in [9.17, 15) is 19.2 Å². The van der Waals surface area contributed by atoms with Gasteiger partial charge >= 0.3 is 218 Å². The van der Waals surface area contributed by atoms with E-state index >= 15 is 0 Å². The number of nitrogens with zero attached hydrogens (tertiary/aromatic N) is 4. The third-order valence-electron chi connectivity index (χ3n) is 10.9. The number of benzene rings is 4. The molecule has 3 saturated heterocycles. The summed E-state index contributed by atoms with van der Waals surface area (Å²) in [6, 6.07) is 31.5. The molecular weight excluding hydrogens is 775 g/mol. The second kappa shape index (κ2) is 15.9. The van der Waals surface area contributed by atoms with Crippen LogP contribution in [0.25, 0.3) is 0 Å². The van der Waals surface area contributed by atoms with Crippen LogP contribution in [0.3, 0.4) is 0 Å². The molecule has 0 unspecified atom stereocenters. The van der Waals surface area contributed by atoms with Crippen molar-refractivity contribution in [1.29, 1.82) is 0 Å². The van der Waals surface area contributed by atoms with Crippen molar-refractivity contribution < 1.29 is 28.7 Å². The SMILES string of the molecule is C[C@H]1C(=O)N2c3ccccc3[C@@]3(C[C@@H](NC(=O)c4ccccc4N=C([C@@H](N)C[Se]c4ccccc4)N4CCCCC4)C(=O)O3)[C@H]2N1C(=O)OCc1ccccc1. The van der Waals surface area contributed by atoms with Gasteiger partial charge in [-0.15, -0.1) is 0 Å². The van der Waals surface area contributed by atoms with Crippen molar-refractivity contribution in [3.05, 3.63) is 126 Å². The number of nitrogens with two attached hydrogens (primary N) is 1. The van der Waals surface area contributed by atoms with Gasteiger partial charge in [-0.1, -0.05) is 48.5 Å². The quantitative estimate of drug-likeness (QED) is 0.108. The first-order chi connectivity index (χ1) is 27.2. The van der Waals surface area contributed by atoms with Gasteiger partial charge in [0.1, 0.15) is 12.6 Å². The molecule has 288 valence electrons. The fourth-order valence-corrected chi connectivity index (χ4v) is 10.0. The number of ether oxygens (including phenoxy) is 2. The molecule has 3 fully saturated rings. The predicted molar refractivity (Wildman–Crippen MR) is 213 cm³/mol. The van der Waals surface area contributed by atoms with Crippen LogP contribution in [0.1, 0.15) is 54.1 Å². The average molecular weight is 820 g/mol. The van der Waals surface area contributed by atoms with Gasteiger partial charge in [0, 0.05) is 0 Å². The van der Waals surface area contributed by atoms with Gasteiger partial charge in [0.05, 0.1) is 5.69 Å². The van der Waals surface area contributed by atoms with Gasteiger partial charge in [-0.3, -0.25) is 14.6 Å². The van der Waals surface area contributed by atoms with E-state index < -0.39 is 41.8 Å². The average Bonchev–Trinajstić information content (AvgIpc) is 3.81. The molecule has 0 bridgehead atoms. The molecule has 3 amide bonds. The molecule has 0 aliphatic carbocycles. The molecule has 4 aromatic carbocycles. The number of carbonyl (C=O) groups excluding carboxylic acids is 4. The zero-order valence-electron chi connectivity index (χ0n) is 31.1. The zero-order chi connectivity index (χ0) is 38.8. The van der Waals surface area contributed by atoms with Gasteiger partial charge in [-0.05, 0) is 18.6 Å². The number of anilines is 1. The molecule has 4 heterocycles. The molecular formula is C43H44N6O6Se. The number of rotatable bonds is 9. The number of hydrogen-bond acceptors (Lipinski definition) is 8. The molecule has 3 N–H and O–H groups in total. The van der Waals surface area contributed by atoms with Gasteiger partial charge < -0.3 is 4.74 Å². The first-order valence-corrected chi connectivity index (χ1v) is 21.1. The van der Waals surface area contributed by atoms with Crippen molar-refractivity contribution in [2.24, 2.45) is 10.7 Å². The predicted octanol–water partition coefficient (Wildman–Crippen LogP) is 4.63. The van der Waals surface area contributed by atoms with Gasteiger partial charge in [0.25, 0.3) is 5.91 Å². The summed E-state index contributed by atoms with van der Waals surface area (Å²) in [6.45, 7) is 3.32. The maximum atomic E-state index is 14.2. The number of piperidine rings is 1. The Labute approximate surface area is 332 Å². The Bertz CT molecular complexity index is 2150. The van der Waals surface area contributed by atoms with Crippen LogP contribution in [0.4, 0.5) is 16.2 Å². The van der Waals surface area contributed by atoms with E-state index in [1.54, 1.807) is 49.4 Å². The summed E-state index contributed by atoms with van der Waals surface area (Å²) in [4.78, 5) is 66.0. The molecule has 4 aliphatic heterocycles. The van der Waals surface area contributed by atoms with Crippen molar-refractivity contribution in [2.75, 3.05) is 18.0 Å². The zero-order valence-corrected chi connectivity index (χ0v) is 32.8. The van der Waals surface area contributed by atoms with Gasteiger partial charge in [-0.25, -0.2) is 4.79 Å². The topological polar surface area (TPSA) is 147 Å². The minimum Gasteiger partial charge on any atom is -0.444 e. The van der Waals surface area contributed by atoms with E-state index in [2.05, 4.69) is 22.3 Å². The van der Waals surface area contributed by atoms with Crippen LogP contribution in [0.2, 0.25) is 5.32 Å². The summed E-state index contributed by atoms with van der Waals surface area (Å²) < 4.78 is 13.3. The molecule has 8 rings (SSSR count). The minimum absolute atomic E-state index is 0.00237. The van der Waals surface area contributed by atoms with Crippen molar-refractivity contribution in [3.63, 3.8) is 0 Å². The van der Waals surface area contributed by atoms with E-state index in [-0.39, 0.29) is 39.9 Å². The number of fused-ring (bicyclic) bond motifs is 5. The van der Waals surface area contributed by atoms with Crippen LogP contribution in [0.5, 0.6) is 0 Å². The van der Waals surface area contributed by atoms with Crippen molar-refractivity contribution >= 4 is 60.5 Å². The number of esters is 1. The summed E-state index contributed by atoms with van der Waals surface area (Å²) in [7, 11) is 0. The monoisotopic (exact) mass is 820 g/mol. The number of nitrogens with one attached hydrogen (secondary N) is 1. The minimum atomic E-state index is -1.45. The van der Waals surface area contributed by atoms with Crippen LogP contribution in [0, 0.1) is 0 Å². The molecule has 0 aromatic heterocycles. The van der Waals surface area contributed by atoms with E-state index in [4.69, 9.17) is 20.2 Å². The third-order valence-corrected chi connectivity index (χ3v) is 13.3. The van der Waals surface area contributed by atoms with Gasteiger partial charge in [0.15, 0.2) is 0 Å². The van der Waals surface area contributed by atoms with Crippen LogP contribution >= 0.6 is 0 Å². The molecule has 1 spiro atoms. The summed E-state index contributed by atoms with van der Waals surface area (Å²) in [5.41, 5.74) is 8.09. The normalized spacial score (nSPS) is 23.5. The Balaban J connectivity index is 1.06. The molecule has 0 radical (unpaired) electrons. The Kier molecular flexibility index (Phi) is 10.7. The maximum absolute atomic E-state index is 14.2. The second-order valence-corrected chi connectivity index (χ2v) is 16.8. The number of carbonyl (C=O) groups is 4. The van der Waals surface area contributed by atoms with Crippen molar-refractivity contribution in [3.8, 4) is 0 Å². The smallest absolute Gasteiger partial charge is 0.444 e. The Morgan fingerprint density at radius 2 is 1.61 bits per heavy atom. The van der Waals surface area contributed by atoms with Crippen LogP contribution in [-0.2, 0) is 31.3 Å². The number of aliphatic imine (C=N–C) groups is 1. The molecule has 56 heavy (non-hydrogen) atoms. The van der Waals surface area contributed by atoms with Crippen LogP contribution in [0.15, 0.2) is 114 Å². The number of hydrogen-bond donors (Lipinski definition) is 2. The summed E-state index contributed by atoms with van der Waals surface area (Å²) >= 11 is 0.136. The molecule has 13 heteroatoms. The summed E-state index contributed by atoms with van der Waals surface area (Å²) in [5.74, 6) is -0.732. The fraction of sp³-hybridized carbons (Fsp3) is 0.326. The Hall–Kier alpha value is -5.49.